The molecular weight excluding hydrogens is 274 g/mol. The quantitative estimate of drug-likeness (QED) is 0.903. The molecule has 7 heteroatoms. The molecule has 0 spiro atoms. The molecule has 106 valence electrons. The van der Waals surface area contributed by atoms with Crippen molar-refractivity contribution in [1.29, 1.82) is 0 Å². The Hall–Kier alpha value is -1.73. The zero-order chi connectivity index (χ0) is 13.8. The zero-order valence-corrected chi connectivity index (χ0v) is 12.0. The molecular formula is C13H17N5OS. The van der Waals surface area contributed by atoms with E-state index >= 15 is 0 Å². The van der Waals surface area contributed by atoms with Crippen LogP contribution in [0.3, 0.4) is 0 Å². The van der Waals surface area contributed by atoms with Crippen molar-refractivity contribution in [1.82, 2.24) is 25.0 Å². The van der Waals surface area contributed by atoms with Gasteiger partial charge in [-0.25, -0.2) is 4.98 Å². The highest BCUT2D eigenvalue weighted by Gasteiger charge is 2.21. The van der Waals surface area contributed by atoms with Gasteiger partial charge in [0.2, 0.25) is 5.91 Å². The number of rotatable bonds is 4. The van der Waals surface area contributed by atoms with E-state index in [-0.39, 0.29) is 5.91 Å². The third kappa shape index (κ3) is 3.23. The summed E-state index contributed by atoms with van der Waals surface area (Å²) in [4.78, 5) is 20.5. The Kier molecular flexibility index (Phi) is 4.08. The third-order valence-corrected chi connectivity index (χ3v) is 4.23. The van der Waals surface area contributed by atoms with E-state index < -0.39 is 0 Å². The smallest absolute Gasteiger partial charge is 0.227 e. The van der Waals surface area contributed by atoms with E-state index in [1.807, 2.05) is 21.7 Å². The van der Waals surface area contributed by atoms with Crippen LogP contribution in [0.25, 0.3) is 0 Å². The van der Waals surface area contributed by atoms with Gasteiger partial charge in [-0.05, 0) is 22.4 Å². The van der Waals surface area contributed by atoms with Gasteiger partial charge in [0.15, 0.2) is 0 Å². The fraction of sp³-hybridized carbons (Fsp3) is 0.462. The number of nitrogens with one attached hydrogen (secondary N) is 1. The second-order valence-corrected chi connectivity index (χ2v) is 5.68. The van der Waals surface area contributed by atoms with Crippen LogP contribution < -0.4 is 0 Å². The molecule has 0 atom stereocenters. The largest absolute Gasteiger partial charge is 0.340 e. The standard InChI is InChI=1S/C13H17N5OS/c19-13(7-11-1-6-20-9-11)18-4-2-17(3-5-18)8-12-14-10-15-16-12/h1,6,9-10H,2-5,7-8H2,(H,14,15,16). The number of hydrogen-bond acceptors (Lipinski definition) is 5. The van der Waals surface area contributed by atoms with Gasteiger partial charge in [0.25, 0.3) is 0 Å². The molecule has 0 saturated carbocycles. The highest BCUT2D eigenvalue weighted by molar-refractivity contribution is 7.07. The fourth-order valence-electron chi connectivity index (χ4n) is 2.35. The Labute approximate surface area is 121 Å². The molecule has 2 aromatic rings. The molecule has 1 N–H and O–H groups in total. The van der Waals surface area contributed by atoms with E-state index in [1.54, 1.807) is 11.3 Å². The average molecular weight is 291 g/mol. The Morgan fingerprint density at radius 3 is 2.85 bits per heavy atom. The summed E-state index contributed by atoms with van der Waals surface area (Å²) in [5.41, 5.74) is 1.11. The number of aromatic amines is 1. The maximum absolute atomic E-state index is 12.2. The van der Waals surface area contributed by atoms with E-state index in [0.29, 0.717) is 6.42 Å². The van der Waals surface area contributed by atoms with Crippen LogP contribution in [0.2, 0.25) is 0 Å². The minimum Gasteiger partial charge on any atom is -0.340 e. The molecule has 1 saturated heterocycles. The lowest BCUT2D eigenvalue weighted by Gasteiger charge is -2.34. The maximum Gasteiger partial charge on any atom is 0.227 e. The normalized spacial score (nSPS) is 16.5. The maximum atomic E-state index is 12.2. The van der Waals surface area contributed by atoms with E-state index in [4.69, 9.17) is 0 Å². The van der Waals surface area contributed by atoms with Gasteiger partial charge in [-0.3, -0.25) is 14.8 Å². The molecule has 0 bridgehead atoms. The predicted octanol–water partition coefficient (Wildman–Crippen LogP) is 0.753. The lowest BCUT2D eigenvalue weighted by atomic mass is 10.2. The van der Waals surface area contributed by atoms with Crippen molar-refractivity contribution in [3.63, 3.8) is 0 Å². The van der Waals surface area contributed by atoms with Crippen LogP contribution in [-0.2, 0) is 17.8 Å². The molecule has 6 nitrogen and oxygen atoms in total. The Balaban J connectivity index is 1.47. The van der Waals surface area contributed by atoms with E-state index in [1.165, 1.54) is 6.33 Å². The zero-order valence-electron chi connectivity index (χ0n) is 11.2. The van der Waals surface area contributed by atoms with E-state index in [0.717, 1.165) is 44.1 Å². The van der Waals surface area contributed by atoms with E-state index in [2.05, 4.69) is 20.1 Å². The lowest BCUT2D eigenvalue weighted by Crippen LogP contribution is -2.48. The third-order valence-electron chi connectivity index (χ3n) is 3.50. The van der Waals surface area contributed by atoms with Crippen LogP contribution >= 0.6 is 11.3 Å². The average Bonchev–Trinajstić information content (AvgIpc) is 3.13. The van der Waals surface area contributed by atoms with Crippen LogP contribution in [0.4, 0.5) is 0 Å². The first kappa shape index (κ1) is 13.3. The first-order valence-corrected chi connectivity index (χ1v) is 7.61. The molecule has 0 radical (unpaired) electrons. The minimum atomic E-state index is 0.225. The molecule has 1 aliphatic rings. The number of carbonyl (C=O) groups is 1. The van der Waals surface area contributed by atoms with Crippen molar-refractivity contribution in [2.75, 3.05) is 26.2 Å². The highest BCUT2D eigenvalue weighted by Crippen LogP contribution is 2.10. The molecule has 3 heterocycles. The number of carbonyl (C=O) groups excluding carboxylic acids is 1. The van der Waals surface area contributed by atoms with Gasteiger partial charge in [-0.15, -0.1) is 0 Å². The fourth-order valence-corrected chi connectivity index (χ4v) is 3.02. The van der Waals surface area contributed by atoms with Gasteiger partial charge in [-0.2, -0.15) is 16.4 Å². The Bertz CT molecular complexity index is 531. The molecule has 0 aromatic carbocycles. The molecule has 1 amide bonds. The number of hydrogen-bond donors (Lipinski definition) is 1. The second-order valence-electron chi connectivity index (χ2n) is 4.90. The molecule has 1 fully saturated rings. The first-order valence-electron chi connectivity index (χ1n) is 6.67. The van der Waals surface area contributed by atoms with Gasteiger partial charge in [0.1, 0.15) is 12.2 Å². The van der Waals surface area contributed by atoms with Crippen LogP contribution in [0.1, 0.15) is 11.4 Å². The van der Waals surface area contributed by atoms with Gasteiger partial charge < -0.3 is 4.90 Å². The van der Waals surface area contributed by atoms with Crippen LogP contribution in [-0.4, -0.2) is 57.1 Å². The summed E-state index contributed by atoms with van der Waals surface area (Å²) in [7, 11) is 0. The second kappa shape index (κ2) is 6.15. The number of thiophene rings is 1. The first-order chi connectivity index (χ1) is 9.81. The number of aromatic nitrogens is 3. The van der Waals surface area contributed by atoms with Crippen molar-refractivity contribution in [2.24, 2.45) is 0 Å². The summed E-state index contributed by atoms with van der Waals surface area (Å²) in [5, 5.41) is 10.8. The van der Waals surface area contributed by atoms with Crippen molar-refractivity contribution in [2.45, 2.75) is 13.0 Å². The molecule has 20 heavy (non-hydrogen) atoms. The van der Waals surface area contributed by atoms with Crippen LogP contribution in [0, 0.1) is 0 Å². The lowest BCUT2D eigenvalue weighted by molar-refractivity contribution is -0.132. The summed E-state index contributed by atoms with van der Waals surface area (Å²) >= 11 is 1.64. The van der Waals surface area contributed by atoms with Gasteiger partial charge in [0, 0.05) is 26.2 Å². The highest BCUT2D eigenvalue weighted by atomic mass is 32.1. The minimum absolute atomic E-state index is 0.225. The van der Waals surface area contributed by atoms with Gasteiger partial charge in [0.05, 0.1) is 13.0 Å². The van der Waals surface area contributed by atoms with Crippen molar-refractivity contribution in [3.05, 3.63) is 34.5 Å². The molecule has 0 unspecified atom stereocenters. The number of amides is 1. The topological polar surface area (TPSA) is 65.1 Å². The molecule has 1 aliphatic heterocycles. The van der Waals surface area contributed by atoms with Gasteiger partial charge >= 0.3 is 0 Å². The predicted molar refractivity (Wildman–Crippen MR) is 76.3 cm³/mol. The molecule has 3 rings (SSSR count). The Morgan fingerprint density at radius 2 is 2.20 bits per heavy atom. The number of nitrogens with zero attached hydrogens (tertiary/aromatic N) is 4. The summed E-state index contributed by atoms with van der Waals surface area (Å²) in [6.45, 7) is 4.12. The monoisotopic (exact) mass is 291 g/mol. The van der Waals surface area contributed by atoms with E-state index in [9.17, 15) is 4.79 Å². The molecule has 2 aromatic heterocycles. The summed E-state index contributed by atoms with van der Waals surface area (Å²) < 4.78 is 0. The summed E-state index contributed by atoms with van der Waals surface area (Å²) in [6.07, 6.45) is 2.04. The van der Waals surface area contributed by atoms with Crippen LogP contribution in [0.5, 0.6) is 0 Å². The van der Waals surface area contributed by atoms with Gasteiger partial charge in [-0.1, -0.05) is 0 Å². The Morgan fingerprint density at radius 1 is 1.35 bits per heavy atom. The summed E-state index contributed by atoms with van der Waals surface area (Å²) in [5.74, 6) is 1.10. The number of piperazine rings is 1. The van der Waals surface area contributed by atoms with Crippen molar-refractivity contribution >= 4 is 17.2 Å². The number of H-pyrrole nitrogens is 1. The van der Waals surface area contributed by atoms with Crippen LogP contribution in [0.15, 0.2) is 23.2 Å². The SMILES string of the molecule is O=C(Cc1ccsc1)N1CCN(Cc2ncn[nH]2)CC1. The van der Waals surface area contributed by atoms with Crippen molar-refractivity contribution < 1.29 is 4.79 Å². The van der Waals surface area contributed by atoms with Crippen molar-refractivity contribution in [3.8, 4) is 0 Å². The summed E-state index contributed by atoms with van der Waals surface area (Å²) in [6, 6.07) is 2.02. The molecule has 0 aliphatic carbocycles.